The average molecular weight is 380 g/mol. The highest BCUT2D eigenvalue weighted by molar-refractivity contribution is 5.90. The Morgan fingerprint density at radius 1 is 1.00 bits per heavy atom. The highest BCUT2D eigenvalue weighted by Crippen LogP contribution is 2.21. The Morgan fingerprint density at radius 3 is 2.21 bits per heavy atom. The van der Waals surface area contributed by atoms with E-state index in [1.807, 2.05) is 12.1 Å². The van der Waals surface area contributed by atoms with Crippen LogP contribution in [0.2, 0.25) is 0 Å². The van der Waals surface area contributed by atoms with Gasteiger partial charge in [0.15, 0.2) is 0 Å². The number of carbonyl (C=O) groups excluding carboxylic acids is 1. The highest BCUT2D eigenvalue weighted by Gasteiger charge is 2.29. The number of benzene rings is 2. The number of carbonyl (C=O) groups is 1. The first-order valence-corrected chi connectivity index (χ1v) is 9.78. The quantitative estimate of drug-likeness (QED) is 0.459. The maximum atomic E-state index is 11.1. The normalized spacial score (nSPS) is 21.1. The fraction of sp³-hybridized carbons (Fsp3) is 0.348. The third-order valence-electron chi connectivity index (χ3n) is 5.31. The highest BCUT2D eigenvalue weighted by atomic mass is 16.5. The standard InChI is InChI=1S/C23H29N3O2/c1-18-14-25(16-21-6-4-3-5-7-21)15-19(2)26(18)17-22-10-8-20(9-11-22)12-13-23(27)24-28/h3-13,18-19,28H,14-17H2,1-2H3,(H,24,27)/b13-12+. The summed E-state index contributed by atoms with van der Waals surface area (Å²) in [6.07, 6.45) is 2.99. The van der Waals surface area contributed by atoms with Gasteiger partial charge >= 0.3 is 0 Å². The maximum absolute atomic E-state index is 11.1. The van der Waals surface area contributed by atoms with E-state index in [1.165, 1.54) is 17.2 Å². The van der Waals surface area contributed by atoms with E-state index in [-0.39, 0.29) is 0 Å². The van der Waals surface area contributed by atoms with E-state index in [4.69, 9.17) is 5.21 Å². The van der Waals surface area contributed by atoms with Crippen LogP contribution in [0.5, 0.6) is 0 Å². The van der Waals surface area contributed by atoms with Gasteiger partial charge in [-0.15, -0.1) is 0 Å². The van der Waals surface area contributed by atoms with Gasteiger partial charge in [-0.25, -0.2) is 5.48 Å². The molecule has 148 valence electrons. The van der Waals surface area contributed by atoms with Gasteiger partial charge in [0.25, 0.3) is 5.91 Å². The van der Waals surface area contributed by atoms with Crippen molar-refractivity contribution in [1.29, 1.82) is 0 Å². The minimum atomic E-state index is -0.528. The first-order valence-electron chi connectivity index (χ1n) is 9.78. The van der Waals surface area contributed by atoms with Crippen LogP contribution in [-0.4, -0.2) is 46.1 Å². The number of hydrogen-bond acceptors (Lipinski definition) is 4. The van der Waals surface area contributed by atoms with E-state index in [0.29, 0.717) is 12.1 Å². The number of nitrogens with zero attached hydrogens (tertiary/aromatic N) is 2. The first-order chi connectivity index (χ1) is 13.5. The lowest BCUT2D eigenvalue weighted by Crippen LogP contribution is -2.55. The molecule has 0 spiro atoms. The van der Waals surface area contributed by atoms with Gasteiger partial charge in [0.2, 0.25) is 0 Å². The fourth-order valence-corrected chi connectivity index (χ4v) is 3.90. The lowest BCUT2D eigenvalue weighted by Gasteiger charge is -2.44. The van der Waals surface area contributed by atoms with E-state index in [0.717, 1.165) is 31.7 Å². The SMILES string of the molecule is CC1CN(Cc2ccccc2)CC(C)N1Cc1ccc(/C=C/C(=O)NO)cc1. The predicted molar refractivity (Wildman–Crippen MR) is 112 cm³/mol. The number of hydrogen-bond donors (Lipinski definition) is 2. The Hall–Kier alpha value is -2.47. The van der Waals surface area contributed by atoms with Crippen molar-refractivity contribution in [3.05, 3.63) is 77.4 Å². The molecule has 0 bridgehead atoms. The second-order valence-electron chi connectivity index (χ2n) is 7.60. The van der Waals surface area contributed by atoms with Crippen molar-refractivity contribution in [3.63, 3.8) is 0 Å². The van der Waals surface area contributed by atoms with Gasteiger partial charge in [-0.2, -0.15) is 0 Å². The molecule has 0 radical (unpaired) electrons. The molecule has 0 saturated carbocycles. The average Bonchev–Trinajstić information content (AvgIpc) is 2.70. The molecule has 1 aliphatic rings. The van der Waals surface area contributed by atoms with Crippen molar-refractivity contribution in [2.24, 2.45) is 0 Å². The molecule has 1 saturated heterocycles. The van der Waals surface area contributed by atoms with Gasteiger partial charge in [0, 0.05) is 44.3 Å². The molecule has 1 fully saturated rings. The molecular formula is C23H29N3O2. The number of nitrogens with one attached hydrogen (secondary N) is 1. The molecule has 2 unspecified atom stereocenters. The van der Waals surface area contributed by atoms with Gasteiger partial charge in [-0.05, 0) is 36.6 Å². The van der Waals surface area contributed by atoms with E-state index >= 15 is 0 Å². The molecule has 2 aromatic carbocycles. The molecule has 28 heavy (non-hydrogen) atoms. The number of amides is 1. The molecule has 2 N–H and O–H groups in total. The van der Waals surface area contributed by atoms with Gasteiger partial charge in [0.1, 0.15) is 0 Å². The predicted octanol–water partition coefficient (Wildman–Crippen LogP) is 3.30. The smallest absolute Gasteiger partial charge is 0.267 e. The van der Waals surface area contributed by atoms with Crippen molar-refractivity contribution in [2.45, 2.75) is 39.0 Å². The van der Waals surface area contributed by atoms with E-state index < -0.39 is 5.91 Å². The molecule has 3 rings (SSSR count). The maximum Gasteiger partial charge on any atom is 0.267 e. The van der Waals surface area contributed by atoms with Crippen molar-refractivity contribution < 1.29 is 10.0 Å². The summed E-state index contributed by atoms with van der Waals surface area (Å²) >= 11 is 0. The summed E-state index contributed by atoms with van der Waals surface area (Å²) in [5.74, 6) is -0.528. The molecule has 1 heterocycles. The lowest BCUT2D eigenvalue weighted by atomic mass is 10.0. The topological polar surface area (TPSA) is 55.8 Å². The minimum Gasteiger partial charge on any atom is -0.296 e. The van der Waals surface area contributed by atoms with Crippen molar-refractivity contribution in [1.82, 2.24) is 15.3 Å². The Balaban J connectivity index is 1.57. The number of hydroxylamine groups is 1. The van der Waals surface area contributed by atoms with Crippen molar-refractivity contribution in [3.8, 4) is 0 Å². The Labute approximate surface area is 167 Å². The van der Waals surface area contributed by atoms with Crippen LogP contribution in [0.15, 0.2) is 60.7 Å². The summed E-state index contributed by atoms with van der Waals surface area (Å²) in [7, 11) is 0. The van der Waals surface area contributed by atoms with E-state index in [2.05, 4.69) is 66.1 Å². The Bertz CT molecular complexity index is 777. The zero-order valence-electron chi connectivity index (χ0n) is 16.6. The molecule has 0 aliphatic carbocycles. The fourth-order valence-electron chi connectivity index (χ4n) is 3.90. The van der Waals surface area contributed by atoms with Gasteiger partial charge in [-0.1, -0.05) is 54.6 Å². The summed E-state index contributed by atoms with van der Waals surface area (Å²) in [5.41, 5.74) is 5.16. The van der Waals surface area contributed by atoms with Crippen LogP contribution in [0.4, 0.5) is 0 Å². The summed E-state index contributed by atoms with van der Waals surface area (Å²) < 4.78 is 0. The molecule has 1 amide bonds. The zero-order valence-corrected chi connectivity index (χ0v) is 16.6. The van der Waals surface area contributed by atoms with Gasteiger partial charge in [-0.3, -0.25) is 19.8 Å². The van der Waals surface area contributed by atoms with Crippen molar-refractivity contribution >= 4 is 12.0 Å². The molecule has 5 heteroatoms. The van der Waals surface area contributed by atoms with E-state index in [1.54, 1.807) is 11.6 Å². The largest absolute Gasteiger partial charge is 0.296 e. The van der Waals surface area contributed by atoms with Crippen LogP contribution in [-0.2, 0) is 17.9 Å². The summed E-state index contributed by atoms with van der Waals surface area (Å²) in [6, 6.07) is 19.8. The first kappa shape index (κ1) is 20.3. The minimum absolute atomic E-state index is 0.486. The Kier molecular flexibility index (Phi) is 6.98. The molecule has 2 atom stereocenters. The van der Waals surface area contributed by atoms with Crippen LogP contribution in [0.3, 0.4) is 0 Å². The zero-order chi connectivity index (χ0) is 19.9. The number of piperazine rings is 1. The summed E-state index contributed by atoms with van der Waals surface area (Å²) in [4.78, 5) is 16.2. The van der Waals surface area contributed by atoms with E-state index in [9.17, 15) is 4.79 Å². The monoisotopic (exact) mass is 379 g/mol. The van der Waals surface area contributed by atoms with Crippen molar-refractivity contribution in [2.75, 3.05) is 13.1 Å². The molecular weight excluding hydrogens is 350 g/mol. The third kappa shape index (κ3) is 5.52. The number of rotatable bonds is 6. The van der Waals surface area contributed by atoms with Crippen LogP contribution in [0.25, 0.3) is 6.08 Å². The molecule has 1 aliphatic heterocycles. The van der Waals surface area contributed by atoms with Crippen LogP contribution in [0, 0.1) is 0 Å². The summed E-state index contributed by atoms with van der Waals surface area (Å²) in [5, 5.41) is 8.53. The van der Waals surface area contributed by atoms with Gasteiger partial charge in [0.05, 0.1) is 0 Å². The second-order valence-corrected chi connectivity index (χ2v) is 7.60. The van der Waals surface area contributed by atoms with Crippen LogP contribution < -0.4 is 5.48 Å². The third-order valence-corrected chi connectivity index (χ3v) is 5.31. The molecule has 0 aromatic heterocycles. The van der Waals surface area contributed by atoms with Crippen LogP contribution in [0.1, 0.15) is 30.5 Å². The second kappa shape index (κ2) is 9.64. The lowest BCUT2D eigenvalue weighted by molar-refractivity contribution is -0.124. The van der Waals surface area contributed by atoms with Gasteiger partial charge < -0.3 is 0 Å². The summed E-state index contributed by atoms with van der Waals surface area (Å²) in [6.45, 7) is 8.66. The molecule has 2 aromatic rings. The van der Waals surface area contributed by atoms with Crippen LogP contribution >= 0.6 is 0 Å². The Morgan fingerprint density at radius 2 is 1.61 bits per heavy atom. The molecule has 5 nitrogen and oxygen atoms in total.